The van der Waals surface area contributed by atoms with Crippen molar-refractivity contribution in [2.75, 3.05) is 7.11 Å². The average molecular weight is 289 g/mol. The van der Waals surface area contributed by atoms with Gasteiger partial charge in [0.1, 0.15) is 5.72 Å². The lowest BCUT2D eigenvalue weighted by Crippen LogP contribution is -2.50. The number of rotatable bonds is 7. The first kappa shape index (κ1) is 16.5. The SMILES string of the molecule is CCCCC1(Cc2ccccc2)CC1(NC(C)(C)C)OC. The van der Waals surface area contributed by atoms with E-state index in [9.17, 15) is 0 Å². The number of nitrogens with one attached hydrogen (secondary N) is 1. The van der Waals surface area contributed by atoms with E-state index in [0.29, 0.717) is 0 Å². The first-order valence-corrected chi connectivity index (χ1v) is 8.25. The van der Waals surface area contributed by atoms with Gasteiger partial charge < -0.3 is 4.74 Å². The van der Waals surface area contributed by atoms with Gasteiger partial charge in [0.05, 0.1) is 0 Å². The summed E-state index contributed by atoms with van der Waals surface area (Å²) < 4.78 is 6.00. The van der Waals surface area contributed by atoms with Crippen molar-refractivity contribution < 1.29 is 4.74 Å². The molecule has 0 bridgehead atoms. The van der Waals surface area contributed by atoms with Crippen molar-refractivity contribution in [2.45, 2.75) is 71.1 Å². The molecule has 0 heterocycles. The van der Waals surface area contributed by atoms with Crippen LogP contribution in [0.25, 0.3) is 0 Å². The van der Waals surface area contributed by atoms with Crippen LogP contribution in [0.1, 0.15) is 58.9 Å². The Morgan fingerprint density at radius 3 is 2.38 bits per heavy atom. The molecule has 1 aliphatic carbocycles. The minimum Gasteiger partial charge on any atom is -0.363 e. The molecule has 21 heavy (non-hydrogen) atoms. The van der Waals surface area contributed by atoms with Gasteiger partial charge in [-0.2, -0.15) is 0 Å². The highest BCUT2D eigenvalue weighted by Crippen LogP contribution is 2.62. The van der Waals surface area contributed by atoms with Gasteiger partial charge in [0, 0.05) is 24.5 Å². The van der Waals surface area contributed by atoms with Crippen LogP contribution in [-0.2, 0) is 11.2 Å². The topological polar surface area (TPSA) is 21.3 Å². The van der Waals surface area contributed by atoms with Crippen molar-refractivity contribution in [3.05, 3.63) is 35.9 Å². The third-order valence-corrected chi connectivity index (χ3v) is 4.64. The summed E-state index contributed by atoms with van der Waals surface area (Å²) in [7, 11) is 1.86. The van der Waals surface area contributed by atoms with Gasteiger partial charge in [0.2, 0.25) is 0 Å². The summed E-state index contributed by atoms with van der Waals surface area (Å²) in [5.41, 5.74) is 1.58. The van der Waals surface area contributed by atoms with Crippen molar-refractivity contribution in [3.8, 4) is 0 Å². The number of hydrogen-bond donors (Lipinski definition) is 1. The van der Waals surface area contributed by atoms with Crippen LogP contribution >= 0.6 is 0 Å². The van der Waals surface area contributed by atoms with Crippen molar-refractivity contribution in [1.29, 1.82) is 0 Å². The van der Waals surface area contributed by atoms with Crippen molar-refractivity contribution in [1.82, 2.24) is 5.32 Å². The molecule has 1 N–H and O–H groups in total. The quantitative estimate of drug-likeness (QED) is 0.744. The molecule has 0 radical (unpaired) electrons. The Kier molecular flexibility index (Phi) is 4.79. The average Bonchev–Trinajstić information content (AvgIpc) is 3.03. The van der Waals surface area contributed by atoms with Crippen LogP contribution in [-0.4, -0.2) is 18.4 Å². The highest BCUT2D eigenvalue weighted by Gasteiger charge is 2.68. The lowest BCUT2D eigenvalue weighted by Gasteiger charge is -2.33. The van der Waals surface area contributed by atoms with Gasteiger partial charge in [-0.15, -0.1) is 0 Å². The van der Waals surface area contributed by atoms with Gasteiger partial charge in [0.25, 0.3) is 0 Å². The largest absolute Gasteiger partial charge is 0.363 e. The number of methoxy groups -OCH3 is 1. The fourth-order valence-electron chi connectivity index (χ4n) is 3.64. The molecule has 2 heteroatoms. The van der Waals surface area contributed by atoms with Crippen LogP contribution in [0.15, 0.2) is 30.3 Å². The van der Waals surface area contributed by atoms with Crippen molar-refractivity contribution in [2.24, 2.45) is 5.41 Å². The minimum absolute atomic E-state index is 0.0701. The van der Waals surface area contributed by atoms with Crippen LogP contribution in [0, 0.1) is 5.41 Å². The van der Waals surface area contributed by atoms with E-state index >= 15 is 0 Å². The van der Waals surface area contributed by atoms with E-state index in [1.54, 1.807) is 0 Å². The second kappa shape index (κ2) is 6.10. The molecular formula is C19H31NO. The molecule has 2 rings (SSSR count). The molecule has 1 saturated carbocycles. The molecule has 0 spiro atoms. The number of benzene rings is 1. The van der Waals surface area contributed by atoms with Gasteiger partial charge in [0.15, 0.2) is 0 Å². The van der Waals surface area contributed by atoms with Gasteiger partial charge in [-0.3, -0.25) is 5.32 Å². The molecule has 1 aromatic rings. The highest BCUT2D eigenvalue weighted by atomic mass is 16.5. The normalized spacial score (nSPS) is 28.6. The summed E-state index contributed by atoms with van der Waals surface area (Å²) in [6.45, 7) is 8.93. The lowest BCUT2D eigenvalue weighted by atomic mass is 9.88. The Bertz CT molecular complexity index is 450. The zero-order chi connectivity index (χ0) is 15.6. The van der Waals surface area contributed by atoms with Crippen molar-refractivity contribution >= 4 is 0 Å². The van der Waals surface area contributed by atoms with Crippen LogP contribution < -0.4 is 5.32 Å². The third kappa shape index (κ3) is 3.67. The molecule has 118 valence electrons. The van der Waals surface area contributed by atoms with E-state index in [4.69, 9.17) is 4.74 Å². The fraction of sp³-hybridized carbons (Fsp3) is 0.684. The Balaban J connectivity index is 2.19. The zero-order valence-electron chi connectivity index (χ0n) is 14.3. The third-order valence-electron chi connectivity index (χ3n) is 4.64. The van der Waals surface area contributed by atoms with E-state index in [2.05, 4.69) is 63.3 Å². The number of unbranched alkanes of at least 4 members (excludes halogenated alkanes) is 1. The fourth-order valence-corrected chi connectivity index (χ4v) is 3.64. The second-order valence-corrected chi connectivity index (χ2v) is 7.63. The van der Waals surface area contributed by atoms with Gasteiger partial charge in [-0.1, -0.05) is 50.1 Å². The predicted octanol–water partition coefficient (Wildman–Crippen LogP) is 4.54. The van der Waals surface area contributed by atoms with Gasteiger partial charge >= 0.3 is 0 Å². The molecular weight excluding hydrogens is 258 g/mol. The van der Waals surface area contributed by atoms with Gasteiger partial charge in [-0.05, 0) is 39.2 Å². The molecule has 1 aliphatic rings. The zero-order valence-corrected chi connectivity index (χ0v) is 14.3. The van der Waals surface area contributed by atoms with Crippen LogP contribution in [0.5, 0.6) is 0 Å². The van der Waals surface area contributed by atoms with Gasteiger partial charge in [-0.25, -0.2) is 0 Å². The summed E-state index contributed by atoms with van der Waals surface area (Å²) in [5.74, 6) is 0. The molecule has 0 amide bonds. The second-order valence-electron chi connectivity index (χ2n) is 7.63. The van der Waals surface area contributed by atoms with E-state index in [1.165, 1.54) is 24.8 Å². The summed E-state index contributed by atoms with van der Waals surface area (Å²) in [4.78, 5) is 0. The standard InChI is InChI=1S/C19H31NO/c1-6-7-13-18(14-16-11-9-8-10-12-16)15-19(18,21-5)20-17(2,3)4/h8-12,20H,6-7,13-15H2,1-5H3. The molecule has 0 aliphatic heterocycles. The molecule has 1 aromatic carbocycles. The minimum atomic E-state index is -0.156. The Hall–Kier alpha value is -0.860. The maximum atomic E-state index is 6.00. The Morgan fingerprint density at radius 1 is 1.19 bits per heavy atom. The first-order chi connectivity index (χ1) is 9.86. The summed E-state index contributed by atoms with van der Waals surface area (Å²) in [6.07, 6.45) is 5.96. The maximum Gasteiger partial charge on any atom is 0.126 e. The van der Waals surface area contributed by atoms with Crippen LogP contribution in [0.4, 0.5) is 0 Å². The first-order valence-electron chi connectivity index (χ1n) is 8.25. The molecule has 1 fully saturated rings. The maximum absolute atomic E-state index is 6.00. The molecule has 0 saturated heterocycles. The highest BCUT2D eigenvalue weighted by molar-refractivity contribution is 5.25. The van der Waals surface area contributed by atoms with Crippen molar-refractivity contribution in [3.63, 3.8) is 0 Å². The molecule has 2 nitrogen and oxygen atoms in total. The number of hydrogen-bond acceptors (Lipinski definition) is 2. The summed E-state index contributed by atoms with van der Waals surface area (Å²) in [6, 6.07) is 10.8. The number of ether oxygens (including phenoxy) is 1. The van der Waals surface area contributed by atoms with Crippen LogP contribution in [0.3, 0.4) is 0 Å². The predicted molar refractivity (Wildman–Crippen MR) is 89.3 cm³/mol. The summed E-state index contributed by atoms with van der Waals surface area (Å²) >= 11 is 0. The monoisotopic (exact) mass is 289 g/mol. The van der Waals surface area contributed by atoms with Crippen LogP contribution in [0.2, 0.25) is 0 Å². The Morgan fingerprint density at radius 2 is 1.86 bits per heavy atom. The van der Waals surface area contributed by atoms with E-state index < -0.39 is 0 Å². The van der Waals surface area contributed by atoms with E-state index in [-0.39, 0.29) is 16.7 Å². The molecule has 2 unspecified atom stereocenters. The van der Waals surface area contributed by atoms with E-state index in [0.717, 1.165) is 12.8 Å². The molecule has 2 atom stereocenters. The lowest BCUT2D eigenvalue weighted by molar-refractivity contribution is -0.00980. The molecule has 0 aromatic heterocycles. The smallest absolute Gasteiger partial charge is 0.126 e. The Labute approximate surface area is 130 Å². The van der Waals surface area contributed by atoms with E-state index in [1.807, 2.05) is 7.11 Å². The summed E-state index contributed by atoms with van der Waals surface area (Å²) in [5, 5.41) is 3.75.